The van der Waals surface area contributed by atoms with Crippen LogP contribution in [0.25, 0.3) is 0 Å². The maximum atomic E-state index is 13.5. The summed E-state index contributed by atoms with van der Waals surface area (Å²) in [5, 5.41) is 0. The molecule has 0 unspecified atom stereocenters. The number of esters is 1. The van der Waals surface area contributed by atoms with Crippen LogP contribution in [-0.4, -0.2) is 37.4 Å². The molecule has 2 aromatic rings. The summed E-state index contributed by atoms with van der Waals surface area (Å²) in [7, 11) is -3.66. The number of aryl methyl sites for hydroxylation is 1. The zero-order chi connectivity index (χ0) is 27.5. The molecule has 6 heteroatoms. The summed E-state index contributed by atoms with van der Waals surface area (Å²) in [6.07, 6.45) is 7.05. The third-order valence-corrected chi connectivity index (χ3v) is 10.6. The van der Waals surface area contributed by atoms with E-state index in [1.807, 2.05) is 31.2 Å². The van der Waals surface area contributed by atoms with Crippen LogP contribution in [0.15, 0.2) is 71.1 Å². The molecule has 0 amide bonds. The standard InChI is InChI=1S/C32H43NO4S/c1-23-14-17-28(18-15-23)38(35,36)33-20-10-9-13-27(33)22-25(3)31(34)37-30-21-24(2)16-19-29(30)32(4,5)26-11-7-6-8-12-26/h6-8,11-12,14-15,17-18,22,24,27,29-30H,9-10,13,16,19-21H2,1-5H3/b25-22-/t24-,27+,29-,30-/m1/s1. The molecule has 0 bridgehead atoms. The van der Waals surface area contributed by atoms with Gasteiger partial charge in [0.15, 0.2) is 0 Å². The third kappa shape index (κ3) is 6.23. The number of hydrogen-bond acceptors (Lipinski definition) is 4. The van der Waals surface area contributed by atoms with Crippen molar-refractivity contribution in [3.8, 4) is 0 Å². The lowest BCUT2D eigenvalue weighted by Crippen LogP contribution is -2.44. The smallest absolute Gasteiger partial charge is 0.333 e. The average molecular weight is 538 g/mol. The first-order valence-corrected chi connectivity index (χ1v) is 15.5. The van der Waals surface area contributed by atoms with Gasteiger partial charge < -0.3 is 4.74 Å². The van der Waals surface area contributed by atoms with Crippen molar-refractivity contribution in [3.05, 3.63) is 77.4 Å². The topological polar surface area (TPSA) is 63.7 Å². The van der Waals surface area contributed by atoms with Crippen LogP contribution in [0.1, 0.15) is 77.3 Å². The van der Waals surface area contributed by atoms with Crippen molar-refractivity contribution in [3.63, 3.8) is 0 Å². The average Bonchev–Trinajstić information content (AvgIpc) is 2.89. The van der Waals surface area contributed by atoms with Crippen LogP contribution in [0.2, 0.25) is 0 Å². The monoisotopic (exact) mass is 537 g/mol. The van der Waals surface area contributed by atoms with Gasteiger partial charge in [0.25, 0.3) is 0 Å². The van der Waals surface area contributed by atoms with E-state index in [2.05, 4.69) is 45.0 Å². The van der Waals surface area contributed by atoms with Crippen LogP contribution < -0.4 is 0 Å². The molecular formula is C32H43NO4S. The van der Waals surface area contributed by atoms with Crippen LogP contribution in [0.3, 0.4) is 0 Å². The molecule has 2 aliphatic rings. The van der Waals surface area contributed by atoms with E-state index in [0.717, 1.165) is 37.7 Å². The van der Waals surface area contributed by atoms with Crippen molar-refractivity contribution in [1.29, 1.82) is 0 Å². The number of carbonyl (C=O) groups excluding carboxylic acids is 1. The molecule has 1 saturated heterocycles. The summed E-state index contributed by atoms with van der Waals surface area (Å²) in [5.41, 5.74) is 2.62. The first-order chi connectivity index (χ1) is 18.0. The number of rotatable bonds is 7. The maximum Gasteiger partial charge on any atom is 0.333 e. The Morgan fingerprint density at radius 3 is 2.37 bits per heavy atom. The van der Waals surface area contributed by atoms with Crippen LogP contribution in [-0.2, 0) is 25.0 Å². The molecule has 1 aliphatic heterocycles. The number of piperidine rings is 1. The van der Waals surface area contributed by atoms with Crippen molar-refractivity contribution in [2.24, 2.45) is 11.8 Å². The van der Waals surface area contributed by atoms with Gasteiger partial charge in [-0.25, -0.2) is 13.2 Å². The fourth-order valence-corrected chi connectivity index (χ4v) is 7.84. The molecular weight excluding hydrogens is 494 g/mol. The Labute approximate surface area is 229 Å². The fraction of sp³-hybridized carbons (Fsp3) is 0.531. The van der Waals surface area contributed by atoms with Crippen LogP contribution in [0, 0.1) is 18.8 Å². The minimum Gasteiger partial charge on any atom is -0.459 e. The largest absolute Gasteiger partial charge is 0.459 e. The van der Waals surface area contributed by atoms with Crippen molar-refractivity contribution >= 4 is 16.0 Å². The Bertz CT molecular complexity index is 1230. The molecule has 38 heavy (non-hydrogen) atoms. The minimum absolute atomic E-state index is 0.133. The van der Waals surface area contributed by atoms with E-state index in [0.29, 0.717) is 29.4 Å². The number of ether oxygens (including phenoxy) is 1. The third-order valence-electron chi connectivity index (χ3n) is 8.65. The van der Waals surface area contributed by atoms with E-state index in [-0.39, 0.29) is 29.4 Å². The summed E-state index contributed by atoms with van der Waals surface area (Å²) in [5.74, 6) is 0.371. The summed E-state index contributed by atoms with van der Waals surface area (Å²) in [4.78, 5) is 13.7. The summed E-state index contributed by atoms with van der Waals surface area (Å²) in [6, 6.07) is 17.1. The van der Waals surface area contributed by atoms with Gasteiger partial charge in [-0.15, -0.1) is 0 Å². The number of benzene rings is 2. The molecule has 2 aromatic carbocycles. The van der Waals surface area contributed by atoms with Crippen LogP contribution >= 0.6 is 0 Å². The molecule has 206 valence electrons. The zero-order valence-corrected chi connectivity index (χ0v) is 24.3. The van der Waals surface area contributed by atoms with Crippen molar-refractivity contribution < 1.29 is 17.9 Å². The Kier molecular flexibility index (Phi) is 8.83. The summed E-state index contributed by atoms with van der Waals surface area (Å²) in [6.45, 7) is 10.9. The van der Waals surface area contributed by atoms with E-state index < -0.39 is 10.0 Å². The molecule has 0 spiro atoms. The SMILES string of the molecule is C/C(=C/[C@@H]1CCCCN1S(=O)(=O)c1ccc(C)cc1)C(=O)O[C@@H]1C[C@H](C)CC[C@H]1C(C)(C)c1ccccc1. The normalized spacial score (nSPS) is 25.7. The summed E-state index contributed by atoms with van der Waals surface area (Å²) >= 11 is 0. The Morgan fingerprint density at radius 1 is 1.00 bits per heavy atom. The lowest BCUT2D eigenvalue weighted by molar-refractivity contribution is -0.151. The van der Waals surface area contributed by atoms with Gasteiger partial charge in [0.05, 0.1) is 4.90 Å². The molecule has 1 heterocycles. The van der Waals surface area contributed by atoms with Gasteiger partial charge in [0.2, 0.25) is 10.0 Å². The number of hydrogen-bond donors (Lipinski definition) is 0. The van der Waals surface area contributed by atoms with Gasteiger partial charge in [0.1, 0.15) is 6.10 Å². The van der Waals surface area contributed by atoms with Crippen molar-refractivity contribution in [2.45, 2.75) is 95.6 Å². The highest BCUT2D eigenvalue weighted by molar-refractivity contribution is 7.89. The number of carbonyl (C=O) groups is 1. The summed E-state index contributed by atoms with van der Waals surface area (Å²) < 4.78 is 34.8. The molecule has 4 atom stereocenters. The van der Waals surface area contributed by atoms with Gasteiger partial charge in [0, 0.05) is 24.1 Å². The van der Waals surface area contributed by atoms with Gasteiger partial charge in [-0.3, -0.25) is 0 Å². The highest BCUT2D eigenvalue weighted by Crippen LogP contribution is 2.44. The maximum absolute atomic E-state index is 13.5. The first kappa shape index (κ1) is 28.6. The zero-order valence-electron chi connectivity index (χ0n) is 23.5. The van der Waals surface area contributed by atoms with E-state index in [1.165, 1.54) is 5.56 Å². The van der Waals surface area contributed by atoms with E-state index in [4.69, 9.17) is 4.74 Å². The lowest BCUT2D eigenvalue weighted by Gasteiger charge is -2.44. The molecule has 0 N–H and O–H groups in total. The second-order valence-electron chi connectivity index (χ2n) is 11.9. The quantitative estimate of drug-likeness (QED) is 0.287. The van der Waals surface area contributed by atoms with E-state index in [1.54, 1.807) is 23.4 Å². The van der Waals surface area contributed by atoms with Gasteiger partial charge in [-0.05, 0) is 68.6 Å². The molecule has 1 saturated carbocycles. The predicted octanol–water partition coefficient (Wildman–Crippen LogP) is 6.81. The fourth-order valence-electron chi connectivity index (χ4n) is 6.19. The minimum atomic E-state index is -3.66. The molecule has 0 radical (unpaired) electrons. The van der Waals surface area contributed by atoms with Crippen molar-refractivity contribution in [2.75, 3.05) is 6.54 Å². The van der Waals surface area contributed by atoms with Crippen molar-refractivity contribution in [1.82, 2.24) is 4.31 Å². The van der Waals surface area contributed by atoms with E-state index in [9.17, 15) is 13.2 Å². The molecule has 5 nitrogen and oxygen atoms in total. The highest BCUT2D eigenvalue weighted by atomic mass is 32.2. The Balaban J connectivity index is 1.53. The molecule has 2 fully saturated rings. The Hall–Kier alpha value is -2.44. The number of nitrogens with zero attached hydrogens (tertiary/aromatic N) is 1. The predicted molar refractivity (Wildman–Crippen MR) is 152 cm³/mol. The van der Waals surface area contributed by atoms with Crippen LogP contribution in [0.5, 0.6) is 0 Å². The Morgan fingerprint density at radius 2 is 1.68 bits per heavy atom. The number of sulfonamides is 1. The second-order valence-corrected chi connectivity index (χ2v) is 13.8. The second kappa shape index (κ2) is 11.7. The lowest BCUT2D eigenvalue weighted by atomic mass is 9.64. The molecule has 4 rings (SSSR count). The molecule has 1 aliphatic carbocycles. The first-order valence-electron chi connectivity index (χ1n) is 14.0. The van der Waals surface area contributed by atoms with Gasteiger partial charge >= 0.3 is 5.97 Å². The van der Waals surface area contributed by atoms with Gasteiger partial charge in [-0.1, -0.05) is 87.7 Å². The van der Waals surface area contributed by atoms with E-state index >= 15 is 0 Å². The van der Waals surface area contributed by atoms with Crippen LogP contribution in [0.4, 0.5) is 0 Å². The molecule has 0 aromatic heterocycles. The highest BCUT2D eigenvalue weighted by Gasteiger charge is 2.42. The van der Waals surface area contributed by atoms with Gasteiger partial charge in [-0.2, -0.15) is 4.31 Å².